The normalized spacial score (nSPS) is 21.6. The Morgan fingerprint density at radius 2 is 1.81 bits per heavy atom. The van der Waals surface area contributed by atoms with Crippen molar-refractivity contribution < 1.29 is 14.6 Å². The molecule has 0 radical (unpaired) electrons. The van der Waals surface area contributed by atoms with Crippen LogP contribution in [0.3, 0.4) is 0 Å². The molecule has 0 spiro atoms. The van der Waals surface area contributed by atoms with Gasteiger partial charge < -0.3 is 14.7 Å². The second-order valence-electron chi connectivity index (χ2n) is 7.40. The summed E-state index contributed by atoms with van der Waals surface area (Å²) in [6, 6.07) is 15.8. The van der Waals surface area contributed by atoms with Gasteiger partial charge in [-0.2, -0.15) is 0 Å². The van der Waals surface area contributed by atoms with Crippen LogP contribution in [0.4, 0.5) is 0 Å². The molecule has 2 aromatic rings. The monoisotopic (exact) mass is 351 g/mol. The highest BCUT2D eigenvalue weighted by atomic mass is 16.5. The Hall–Kier alpha value is -2.33. The van der Waals surface area contributed by atoms with Crippen molar-refractivity contribution >= 4 is 5.91 Å². The summed E-state index contributed by atoms with van der Waals surface area (Å²) in [7, 11) is 0. The first-order chi connectivity index (χ1) is 12.6. The van der Waals surface area contributed by atoms with Crippen LogP contribution in [0.5, 0.6) is 5.75 Å². The highest BCUT2D eigenvalue weighted by Crippen LogP contribution is 2.38. The van der Waals surface area contributed by atoms with Gasteiger partial charge in [-0.15, -0.1) is 0 Å². The number of carbonyl (C=O) groups excluding carboxylic acids is 1. The number of ether oxygens (including phenoxy) is 1. The van der Waals surface area contributed by atoms with Gasteiger partial charge in [-0.1, -0.05) is 42.5 Å². The number of likely N-dealkylation sites (tertiary alicyclic amines) is 1. The van der Waals surface area contributed by atoms with Gasteiger partial charge in [-0.25, -0.2) is 0 Å². The van der Waals surface area contributed by atoms with Crippen molar-refractivity contribution in [1.82, 2.24) is 4.90 Å². The zero-order chi connectivity index (χ0) is 18.1. The molecule has 26 heavy (non-hydrogen) atoms. The number of rotatable bonds is 2. The molecule has 1 saturated heterocycles. The topological polar surface area (TPSA) is 49.8 Å². The van der Waals surface area contributed by atoms with Crippen molar-refractivity contribution in [3.8, 4) is 5.75 Å². The maximum atomic E-state index is 13.1. The predicted molar refractivity (Wildman–Crippen MR) is 100 cm³/mol. The van der Waals surface area contributed by atoms with Crippen molar-refractivity contribution in [2.45, 2.75) is 37.7 Å². The molecule has 136 valence electrons. The number of benzene rings is 2. The number of hydrogen-bond donors (Lipinski definition) is 1. The summed E-state index contributed by atoms with van der Waals surface area (Å²) in [6.45, 7) is 3.78. The van der Waals surface area contributed by atoms with Crippen LogP contribution in [-0.2, 0) is 10.4 Å². The number of carbonyl (C=O) groups is 1. The summed E-state index contributed by atoms with van der Waals surface area (Å²) in [5.74, 6) is 0.850. The van der Waals surface area contributed by atoms with Crippen LogP contribution in [0.1, 0.15) is 41.9 Å². The van der Waals surface area contributed by atoms with Crippen molar-refractivity contribution in [2.75, 3.05) is 19.7 Å². The molecular formula is C22H25NO3. The summed E-state index contributed by atoms with van der Waals surface area (Å²) in [5.41, 5.74) is 2.25. The molecule has 0 saturated carbocycles. The van der Waals surface area contributed by atoms with Gasteiger partial charge in [0.1, 0.15) is 5.75 Å². The molecule has 2 aromatic carbocycles. The van der Waals surface area contributed by atoms with E-state index in [1.165, 1.54) is 0 Å². The smallest absolute Gasteiger partial charge is 0.230 e. The molecule has 1 amide bonds. The van der Waals surface area contributed by atoms with Gasteiger partial charge in [0.15, 0.2) is 0 Å². The second-order valence-corrected chi connectivity index (χ2v) is 7.40. The zero-order valence-electron chi connectivity index (χ0n) is 15.1. The number of aliphatic hydroxyl groups is 1. The molecule has 4 nitrogen and oxygen atoms in total. The van der Waals surface area contributed by atoms with E-state index in [0.29, 0.717) is 39.0 Å². The fourth-order valence-electron chi connectivity index (χ4n) is 4.28. The minimum Gasteiger partial charge on any atom is -0.493 e. The Balaban J connectivity index is 1.49. The van der Waals surface area contributed by atoms with E-state index in [4.69, 9.17) is 4.74 Å². The van der Waals surface area contributed by atoms with E-state index in [9.17, 15) is 9.90 Å². The average Bonchev–Trinajstić information content (AvgIpc) is 2.68. The number of amides is 1. The molecule has 2 aliphatic rings. The molecule has 2 aliphatic heterocycles. The molecule has 1 unspecified atom stereocenters. The number of nitrogens with zero attached hydrogens (tertiary/aromatic N) is 1. The van der Waals surface area contributed by atoms with Gasteiger partial charge in [0, 0.05) is 18.7 Å². The average molecular weight is 351 g/mol. The molecule has 2 heterocycles. The Labute approximate surface area is 154 Å². The van der Waals surface area contributed by atoms with Gasteiger partial charge >= 0.3 is 0 Å². The zero-order valence-corrected chi connectivity index (χ0v) is 15.1. The van der Waals surface area contributed by atoms with Crippen molar-refractivity contribution in [3.05, 3.63) is 65.2 Å². The second kappa shape index (κ2) is 6.76. The highest BCUT2D eigenvalue weighted by molar-refractivity contribution is 5.85. The lowest BCUT2D eigenvalue weighted by Crippen LogP contribution is -2.47. The van der Waals surface area contributed by atoms with E-state index < -0.39 is 5.60 Å². The van der Waals surface area contributed by atoms with Crippen molar-refractivity contribution in [2.24, 2.45) is 0 Å². The van der Waals surface area contributed by atoms with E-state index >= 15 is 0 Å². The van der Waals surface area contributed by atoms with Gasteiger partial charge in [-0.3, -0.25) is 4.79 Å². The molecule has 1 atom stereocenters. The maximum absolute atomic E-state index is 13.1. The summed E-state index contributed by atoms with van der Waals surface area (Å²) in [6.07, 6.45) is 1.87. The summed E-state index contributed by atoms with van der Waals surface area (Å²) in [4.78, 5) is 15.0. The van der Waals surface area contributed by atoms with Crippen molar-refractivity contribution in [1.29, 1.82) is 0 Å². The predicted octanol–water partition coefficient (Wildman–Crippen LogP) is 3.37. The van der Waals surface area contributed by atoms with Gasteiger partial charge in [0.05, 0.1) is 18.1 Å². The van der Waals surface area contributed by atoms with E-state index in [0.717, 1.165) is 22.4 Å². The van der Waals surface area contributed by atoms with Crippen LogP contribution >= 0.6 is 0 Å². The largest absolute Gasteiger partial charge is 0.493 e. The summed E-state index contributed by atoms with van der Waals surface area (Å²) >= 11 is 0. The third-order valence-electron chi connectivity index (χ3n) is 5.81. The van der Waals surface area contributed by atoms with E-state index in [-0.39, 0.29) is 11.8 Å². The fraction of sp³-hybridized carbons (Fsp3) is 0.409. The number of aryl methyl sites for hydroxylation is 1. The molecule has 4 rings (SSSR count). The van der Waals surface area contributed by atoms with E-state index in [1.54, 1.807) is 0 Å². The highest BCUT2D eigenvalue weighted by Gasteiger charge is 2.38. The lowest BCUT2D eigenvalue weighted by atomic mass is 9.81. The van der Waals surface area contributed by atoms with Crippen LogP contribution in [0, 0.1) is 6.92 Å². The first kappa shape index (κ1) is 17.1. The standard InChI is InChI=1S/C22H25NO3/c1-16-6-2-4-8-19(16)22(25)11-13-23(14-12-22)21(24)18-10-15-26-20-9-5-3-7-17(18)20/h2-9,18,25H,10-15H2,1H3. The fourth-order valence-corrected chi connectivity index (χ4v) is 4.28. The van der Waals surface area contributed by atoms with Crippen LogP contribution in [0.25, 0.3) is 0 Å². The Kier molecular flexibility index (Phi) is 4.45. The Morgan fingerprint density at radius 3 is 2.58 bits per heavy atom. The first-order valence-corrected chi connectivity index (χ1v) is 9.37. The molecule has 4 heteroatoms. The Bertz CT molecular complexity index is 809. The van der Waals surface area contributed by atoms with E-state index in [2.05, 4.69) is 0 Å². The third kappa shape index (κ3) is 2.99. The molecule has 0 bridgehead atoms. The quantitative estimate of drug-likeness (QED) is 0.902. The van der Waals surface area contributed by atoms with Gasteiger partial charge in [-0.05, 0) is 43.4 Å². The van der Waals surface area contributed by atoms with Gasteiger partial charge in [0.2, 0.25) is 5.91 Å². The van der Waals surface area contributed by atoms with Crippen molar-refractivity contribution in [3.63, 3.8) is 0 Å². The maximum Gasteiger partial charge on any atom is 0.230 e. The number of fused-ring (bicyclic) bond motifs is 1. The minimum absolute atomic E-state index is 0.135. The Morgan fingerprint density at radius 1 is 1.12 bits per heavy atom. The first-order valence-electron chi connectivity index (χ1n) is 9.37. The molecule has 1 N–H and O–H groups in total. The lowest BCUT2D eigenvalue weighted by Gasteiger charge is -2.41. The number of para-hydroxylation sites is 1. The lowest BCUT2D eigenvalue weighted by molar-refractivity contribution is -0.138. The van der Waals surface area contributed by atoms with Crippen LogP contribution in [-0.4, -0.2) is 35.6 Å². The van der Waals surface area contributed by atoms with E-state index in [1.807, 2.05) is 60.4 Å². The molecule has 0 aliphatic carbocycles. The molecule has 0 aromatic heterocycles. The summed E-state index contributed by atoms with van der Waals surface area (Å²) < 4.78 is 5.68. The number of piperidine rings is 1. The van der Waals surface area contributed by atoms with Gasteiger partial charge in [0.25, 0.3) is 0 Å². The molecule has 1 fully saturated rings. The SMILES string of the molecule is Cc1ccccc1C1(O)CCN(C(=O)C2CCOc3ccccc32)CC1. The molecular weight excluding hydrogens is 326 g/mol. The summed E-state index contributed by atoms with van der Waals surface area (Å²) in [5, 5.41) is 11.1. The van der Waals surface area contributed by atoms with Crippen LogP contribution in [0.15, 0.2) is 48.5 Å². The minimum atomic E-state index is -0.838. The van der Waals surface area contributed by atoms with Crippen LogP contribution < -0.4 is 4.74 Å². The number of hydrogen-bond acceptors (Lipinski definition) is 3. The van der Waals surface area contributed by atoms with Crippen LogP contribution in [0.2, 0.25) is 0 Å². The third-order valence-corrected chi connectivity index (χ3v) is 5.81.